The molecule has 0 N–H and O–H groups in total. The van der Waals surface area contributed by atoms with E-state index >= 15 is 0 Å². The largest absolute Gasteiger partial charge is 0.259 e. The summed E-state index contributed by atoms with van der Waals surface area (Å²) in [7, 11) is 0. The molecule has 0 fully saturated rings. The van der Waals surface area contributed by atoms with E-state index in [4.69, 9.17) is 11.6 Å². The quantitative estimate of drug-likeness (QED) is 0.460. The zero-order chi connectivity index (χ0) is 12.5. The SMILES string of the molecule is O=[N+]([O-])C1=CC=C(c2ccccc2)C(F)(Cl)C1. The summed E-state index contributed by atoms with van der Waals surface area (Å²) >= 11 is 5.73. The summed E-state index contributed by atoms with van der Waals surface area (Å²) in [6.07, 6.45) is 2.23. The van der Waals surface area contributed by atoms with E-state index in [1.165, 1.54) is 12.2 Å². The van der Waals surface area contributed by atoms with Crippen molar-refractivity contribution >= 4 is 17.2 Å². The van der Waals surface area contributed by atoms with Crippen molar-refractivity contribution in [3.63, 3.8) is 0 Å². The van der Waals surface area contributed by atoms with Gasteiger partial charge in [0.2, 0.25) is 5.13 Å². The van der Waals surface area contributed by atoms with E-state index in [1.807, 2.05) is 0 Å². The summed E-state index contributed by atoms with van der Waals surface area (Å²) < 4.78 is 14.2. The van der Waals surface area contributed by atoms with Gasteiger partial charge in [-0.25, -0.2) is 4.39 Å². The summed E-state index contributed by atoms with van der Waals surface area (Å²) in [6.45, 7) is 0. The molecule has 1 atom stereocenters. The van der Waals surface area contributed by atoms with Crippen LogP contribution in [-0.2, 0) is 0 Å². The van der Waals surface area contributed by atoms with Crippen LogP contribution in [0.1, 0.15) is 12.0 Å². The van der Waals surface area contributed by atoms with Crippen LogP contribution in [0.4, 0.5) is 4.39 Å². The Kier molecular flexibility index (Phi) is 2.98. The number of rotatable bonds is 2. The lowest BCUT2D eigenvalue weighted by Crippen LogP contribution is -2.22. The lowest BCUT2D eigenvalue weighted by molar-refractivity contribution is -0.429. The van der Waals surface area contributed by atoms with Crippen LogP contribution in [0.2, 0.25) is 0 Å². The summed E-state index contributed by atoms with van der Waals surface area (Å²) in [5, 5.41) is 8.34. The Morgan fingerprint density at radius 3 is 2.47 bits per heavy atom. The van der Waals surface area contributed by atoms with Crippen LogP contribution in [0.5, 0.6) is 0 Å². The molecule has 1 aliphatic carbocycles. The minimum Gasteiger partial charge on any atom is -0.259 e. The molecule has 5 heteroatoms. The van der Waals surface area contributed by atoms with Gasteiger partial charge in [0.25, 0.3) is 5.70 Å². The lowest BCUT2D eigenvalue weighted by Gasteiger charge is -2.23. The third kappa shape index (κ3) is 2.36. The number of alkyl halides is 2. The van der Waals surface area contributed by atoms with Gasteiger partial charge >= 0.3 is 0 Å². The van der Waals surface area contributed by atoms with E-state index in [-0.39, 0.29) is 11.3 Å². The molecule has 0 saturated carbocycles. The highest BCUT2D eigenvalue weighted by molar-refractivity contribution is 6.29. The second-order valence-corrected chi connectivity index (χ2v) is 4.34. The number of hydrogen-bond acceptors (Lipinski definition) is 2. The van der Waals surface area contributed by atoms with Gasteiger partial charge in [-0.05, 0) is 11.6 Å². The third-order valence-electron chi connectivity index (χ3n) is 2.56. The number of hydrogen-bond donors (Lipinski definition) is 0. The molecule has 88 valence electrons. The molecular formula is C12H9ClFNO2. The maximum absolute atomic E-state index is 14.2. The number of benzene rings is 1. The molecule has 0 bridgehead atoms. The fraction of sp³-hybridized carbons (Fsp3) is 0.167. The zero-order valence-electron chi connectivity index (χ0n) is 8.77. The first kappa shape index (κ1) is 11.8. The first-order chi connectivity index (χ1) is 8.00. The van der Waals surface area contributed by atoms with Crippen molar-refractivity contribution in [2.75, 3.05) is 0 Å². The number of halogens is 2. The average Bonchev–Trinajstić information content (AvgIpc) is 2.28. The highest BCUT2D eigenvalue weighted by Crippen LogP contribution is 2.42. The molecule has 0 saturated heterocycles. The van der Waals surface area contributed by atoms with Crippen LogP contribution in [-0.4, -0.2) is 10.1 Å². The first-order valence-electron chi connectivity index (χ1n) is 5.00. The lowest BCUT2D eigenvalue weighted by atomic mass is 9.94. The third-order valence-corrected chi connectivity index (χ3v) is 2.90. The van der Waals surface area contributed by atoms with Gasteiger partial charge in [0.05, 0.1) is 11.3 Å². The summed E-state index contributed by atoms with van der Waals surface area (Å²) in [5.74, 6) is 0. The predicted octanol–water partition coefficient (Wildman–Crippen LogP) is 3.54. The van der Waals surface area contributed by atoms with Crippen molar-refractivity contribution in [1.29, 1.82) is 0 Å². The van der Waals surface area contributed by atoms with Gasteiger partial charge in [-0.1, -0.05) is 41.9 Å². The summed E-state index contributed by atoms with van der Waals surface area (Å²) in [6, 6.07) is 8.76. The van der Waals surface area contributed by atoms with Crippen LogP contribution in [0, 0.1) is 10.1 Å². The second-order valence-electron chi connectivity index (χ2n) is 3.74. The maximum atomic E-state index is 14.2. The average molecular weight is 254 g/mol. The molecule has 0 radical (unpaired) electrons. The molecule has 0 aliphatic heterocycles. The van der Waals surface area contributed by atoms with Crippen LogP contribution < -0.4 is 0 Å². The molecule has 2 rings (SSSR count). The number of allylic oxidation sites excluding steroid dienone is 4. The molecule has 0 amide bonds. The van der Waals surface area contributed by atoms with Crippen LogP contribution in [0.25, 0.3) is 5.57 Å². The highest BCUT2D eigenvalue weighted by Gasteiger charge is 2.39. The topological polar surface area (TPSA) is 43.1 Å². The molecule has 0 heterocycles. The van der Waals surface area contributed by atoms with Crippen LogP contribution >= 0.6 is 11.6 Å². The van der Waals surface area contributed by atoms with Crippen molar-refractivity contribution in [3.05, 3.63) is 63.9 Å². The Bertz CT molecular complexity index is 508. The first-order valence-corrected chi connectivity index (χ1v) is 5.37. The smallest absolute Gasteiger partial charge is 0.251 e. The van der Waals surface area contributed by atoms with Gasteiger partial charge in [0, 0.05) is 11.6 Å². The number of nitrogens with zero attached hydrogens (tertiary/aromatic N) is 1. The Labute approximate surface area is 102 Å². The number of nitro groups is 1. The molecule has 1 aromatic carbocycles. The van der Waals surface area contributed by atoms with Crippen molar-refractivity contribution in [2.24, 2.45) is 0 Å². The standard InChI is InChI=1S/C12H9ClFNO2/c13-12(14)8-10(15(16)17)6-7-11(12)9-4-2-1-3-5-9/h1-7H,8H2. The molecule has 1 aromatic rings. The van der Waals surface area contributed by atoms with Gasteiger partial charge in [-0.2, -0.15) is 0 Å². The van der Waals surface area contributed by atoms with Gasteiger partial charge in [-0.15, -0.1) is 0 Å². The Hall–Kier alpha value is -1.68. The Balaban J connectivity index is 2.44. The van der Waals surface area contributed by atoms with E-state index < -0.39 is 16.5 Å². The van der Waals surface area contributed by atoms with E-state index in [9.17, 15) is 14.5 Å². The normalized spacial score (nSPS) is 23.9. The van der Waals surface area contributed by atoms with E-state index in [0.29, 0.717) is 5.56 Å². The highest BCUT2D eigenvalue weighted by atomic mass is 35.5. The molecule has 1 unspecified atom stereocenters. The zero-order valence-corrected chi connectivity index (χ0v) is 9.52. The Morgan fingerprint density at radius 2 is 1.94 bits per heavy atom. The van der Waals surface area contributed by atoms with Crippen molar-refractivity contribution < 1.29 is 9.31 Å². The van der Waals surface area contributed by atoms with Crippen LogP contribution in [0.15, 0.2) is 48.2 Å². The predicted molar refractivity (Wildman–Crippen MR) is 63.8 cm³/mol. The summed E-state index contributed by atoms with van der Waals surface area (Å²) in [4.78, 5) is 9.95. The van der Waals surface area contributed by atoms with Gasteiger partial charge in [0.1, 0.15) is 0 Å². The maximum Gasteiger partial charge on any atom is 0.251 e. The molecule has 1 aliphatic rings. The fourth-order valence-electron chi connectivity index (χ4n) is 1.73. The van der Waals surface area contributed by atoms with Gasteiger partial charge < -0.3 is 0 Å². The molecule has 0 aromatic heterocycles. The fourth-order valence-corrected chi connectivity index (χ4v) is 2.04. The van der Waals surface area contributed by atoms with E-state index in [2.05, 4.69) is 0 Å². The van der Waals surface area contributed by atoms with E-state index in [0.717, 1.165) is 0 Å². The van der Waals surface area contributed by atoms with Crippen LogP contribution in [0.3, 0.4) is 0 Å². The van der Waals surface area contributed by atoms with Crippen molar-refractivity contribution in [2.45, 2.75) is 11.5 Å². The molecule has 3 nitrogen and oxygen atoms in total. The minimum atomic E-state index is -2.22. The van der Waals surface area contributed by atoms with Gasteiger partial charge in [-0.3, -0.25) is 10.1 Å². The summed E-state index contributed by atoms with van der Waals surface area (Å²) in [5.41, 5.74) is 0.663. The van der Waals surface area contributed by atoms with Crippen molar-refractivity contribution in [1.82, 2.24) is 0 Å². The Morgan fingerprint density at radius 1 is 1.29 bits per heavy atom. The molecule has 17 heavy (non-hydrogen) atoms. The van der Waals surface area contributed by atoms with Gasteiger partial charge in [0.15, 0.2) is 0 Å². The molecule has 0 spiro atoms. The second kappa shape index (κ2) is 4.30. The minimum absolute atomic E-state index is 0.220. The molecular weight excluding hydrogens is 245 g/mol. The monoisotopic (exact) mass is 253 g/mol. The van der Waals surface area contributed by atoms with Crippen molar-refractivity contribution in [3.8, 4) is 0 Å². The van der Waals surface area contributed by atoms with E-state index in [1.54, 1.807) is 30.3 Å².